The molecule has 0 atom stereocenters. The summed E-state index contributed by atoms with van der Waals surface area (Å²) < 4.78 is 1.90. The fourth-order valence-electron chi connectivity index (χ4n) is 1.08. The first-order valence-electron chi connectivity index (χ1n) is 4.22. The van der Waals surface area contributed by atoms with Crippen molar-refractivity contribution in [1.82, 2.24) is 9.78 Å². The lowest BCUT2D eigenvalue weighted by atomic mass is 10.3. The van der Waals surface area contributed by atoms with Gasteiger partial charge in [-0.25, -0.2) is 4.68 Å². The Kier molecular flexibility index (Phi) is 3.26. The molecule has 1 heterocycles. The van der Waals surface area contributed by atoms with Gasteiger partial charge in [0, 0.05) is 17.6 Å². The van der Waals surface area contributed by atoms with Gasteiger partial charge in [0.15, 0.2) is 0 Å². The van der Waals surface area contributed by atoms with Crippen LogP contribution in [0.15, 0.2) is 43.1 Å². The minimum Gasteiger partial charge on any atom is -0.243 e. The molecule has 0 aliphatic heterocycles. The fraction of sp³-hybridized carbons (Fsp3) is 0.182. The molecule has 1 rings (SSSR count). The average molecular weight is 174 g/mol. The van der Waals surface area contributed by atoms with Gasteiger partial charge in [0.25, 0.3) is 0 Å². The topological polar surface area (TPSA) is 17.8 Å². The second-order valence-corrected chi connectivity index (χ2v) is 2.81. The lowest BCUT2D eigenvalue weighted by Gasteiger charge is -2.01. The minimum atomic E-state index is 1.10. The Labute approximate surface area is 78.9 Å². The number of hydrogen-bond acceptors (Lipinski definition) is 1. The second-order valence-electron chi connectivity index (χ2n) is 2.81. The summed E-state index contributed by atoms with van der Waals surface area (Å²) in [5.74, 6) is 0. The van der Waals surface area contributed by atoms with Crippen LogP contribution in [-0.4, -0.2) is 9.78 Å². The van der Waals surface area contributed by atoms with Crippen molar-refractivity contribution < 1.29 is 0 Å². The third-order valence-corrected chi connectivity index (χ3v) is 1.75. The molecule has 0 saturated heterocycles. The monoisotopic (exact) mass is 174 g/mol. The van der Waals surface area contributed by atoms with E-state index in [1.165, 1.54) is 0 Å². The quantitative estimate of drug-likeness (QED) is 0.644. The Balaban J connectivity index is 2.84. The number of nitrogens with zero attached hydrogens (tertiary/aromatic N) is 2. The number of rotatable bonds is 3. The van der Waals surface area contributed by atoms with Gasteiger partial charge in [0.05, 0.1) is 0 Å². The van der Waals surface area contributed by atoms with Crippen molar-refractivity contribution in [1.29, 1.82) is 0 Å². The molecule has 0 spiro atoms. The van der Waals surface area contributed by atoms with E-state index in [0.717, 1.165) is 11.4 Å². The highest BCUT2D eigenvalue weighted by Gasteiger charge is 1.95. The summed E-state index contributed by atoms with van der Waals surface area (Å²) in [7, 11) is 0. The van der Waals surface area contributed by atoms with Crippen LogP contribution in [0.25, 0.3) is 5.70 Å². The maximum atomic E-state index is 4.18. The maximum absolute atomic E-state index is 4.18. The van der Waals surface area contributed by atoms with E-state index >= 15 is 0 Å². The van der Waals surface area contributed by atoms with Gasteiger partial charge in [-0.3, -0.25) is 0 Å². The first-order chi connectivity index (χ1) is 6.25. The molecule has 1 aromatic rings. The van der Waals surface area contributed by atoms with E-state index in [4.69, 9.17) is 0 Å². The van der Waals surface area contributed by atoms with E-state index < -0.39 is 0 Å². The molecule has 0 fully saturated rings. The van der Waals surface area contributed by atoms with Crippen LogP contribution in [0.5, 0.6) is 0 Å². The lowest BCUT2D eigenvalue weighted by Crippen LogP contribution is -1.97. The molecule has 0 amide bonds. The maximum Gasteiger partial charge on any atom is 0.0496 e. The van der Waals surface area contributed by atoms with Gasteiger partial charge in [0.2, 0.25) is 0 Å². The summed E-state index contributed by atoms with van der Waals surface area (Å²) in [5.41, 5.74) is 2.24. The summed E-state index contributed by atoms with van der Waals surface area (Å²) in [6, 6.07) is 1.98. The van der Waals surface area contributed by atoms with Crippen molar-refractivity contribution in [3.63, 3.8) is 0 Å². The van der Waals surface area contributed by atoms with E-state index in [0.29, 0.717) is 0 Å². The number of hydrogen-bond donors (Lipinski definition) is 0. The molecule has 1 aromatic heterocycles. The van der Waals surface area contributed by atoms with Crippen molar-refractivity contribution in [2.45, 2.75) is 13.8 Å². The molecule has 0 aliphatic rings. The van der Waals surface area contributed by atoms with Crippen molar-refractivity contribution in [2.75, 3.05) is 0 Å². The third kappa shape index (κ3) is 2.44. The fourth-order valence-corrected chi connectivity index (χ4v) is 1.08. The summed E-state index contributed by atoms with van der Waals surface area (Å²) in [6.07, 6.45) is 9.39. The second kappa shape index (κ2) is 4.45. The molecular formula is C11H14N2. The van der Waals surface area contributed by atoms with Crippen LogP contribution in [0.4, 0.5) is 0 Å². The molecule has 0 saturated carbocycles. The zero-order valence-corrected chi connectivity index (χ0v) is 8.07. The molecule has 0 bridgehead atoms. The molecule has 2 nitrogen and oxygen atoms in total. The van der Waals surface area contributed by atoms with Crippen LogP contribution in [0, 0.1) is 6.92 Å². The highest BCUT2D eigenvalue weighted by atomic mass is 15.3. The molecule has 0 aliphatic carbocycles. The molecular weight excluding hydrogens is 160 g/mol. The van der Waals surface area contributed by atoms with E-state index in [-0.39, 0.29) is 0 Å². The van der Waals surface area contributed by atoms with Crippen molar-refractivity contribution in [2.24, 2.45) is 0 Å². The van der Waals surface area contributed by atoms with Crippen molar-refractivity contribution >= 4 is 5.70 Å². The molecule has 0 radical (unpaired) electrons. The molecule has 0 aromatic carbocycles. The first-order valence-corrected chi connectivity index (χ1v) is 4.22. The van der Waals surface area contributed by atoms with Gasteiger partial charge >= 0.3 is 0 Å². The third-order valence-electron chi connectivity index (χ3n) is 1.75. The highest BCUT2D eigenvalue weighted by Crippen LogP contribution is 2.05. The molecule has 68 valence electrons. The Bertz CT molecular complexity index is 343. The number of aromatic nitrogens is 2. The van der Waals surface area contributed by atoms with Crippen LogP contribution >= 0.6 is 0 Å². The molecule has 0 N–H and O–H groups in total. The predicted octanol–water partition coefficient (Wildman–Crippen LogP) is 2.79. The SMILES string of the molecule is C=C/C=C\C=C(/C)n1nccc1C. The zero-order chi connectivity index (χ0) is 9.68. The molecule has 0 unspecified atom stereocenters. The number of aryl methyl sites for hydroxylation is 1. The van der Waals surface area contributed by atoms with Crippen molar-refractivity contribution in [3.05, 3.63) is 48.8 Å². The summed E-state index contributed by atoms with van der Waals surface area (Å²) >= 11 is 0. The van der Waals surface area contributed by atoms with Crippen LogP contribution in [-0.2, 0) is 0 Å². The molecule has 13 heavy (non-hydrogen) atoms. The van der Waals surface area contributed by atoms with Crippen molar-refractivity contribution in [3.8, 4) is 0 Å². The van der Waals surface area contributed by atoms with Gasteiger partial charge in [-0.2, -0.15) is 5.10 Å². The average Bonchev–Trinajstić information content (AvgIpc) is 2.52. The Morgan fingerprint density at radius 1 is 1.54 bits per heavy atom. The van der Waals surface area contributed by atoms with Crippen LogP contribution in [0.2, 0.25) is 0 Å². The minimum absolute atomic E-state index is 1.10. The number of allylic oxidation sites excluding steroid dienone is 5. The van der Waals surface area contributed by atoms with Gasteiger partial charge in [0.1, 0.15) is 0 Å². The van der Waals surface area contributed by atoms with Crippen LogP contribution in [0.1, 0.15) is 12.6 Å². The summed E-state index contributed by atoms with van der Waals surface area (Å²) in [6.45, 7) is 7.65. The standard InChI is InChI=1S/C11H14N2/c1-4-5-6-7-10(2)13-11(3)8-9-12-13/h4-9H,1H2,2-3H3/b6-5-,10-7+. The normalized spacial score (nSPS) is 12.3. The lowest BCUT2D eigenvalue weighted by molar-refractivity contribution is 0.861. The van der Waals surface area contributed by atoms with E-state index in [9.17, 15) is 0 Å². The largest absolute Gasteiger partial charge is 0.243 e. The van der Waals surface area contributed by atoms with Crippen LogP contribution < -0.4 is 0 Å². The Morgan fingerprint density at radius 2 is 2.31 bits per heavy atom. The predicted molar refractivity (Wildman–Crippen MR) is 56.2 cm³/mol. The van der Waals surface area contributed by atoms with Gasteiger partial charge in [-0.15, -0.1) is 0 Å². The Hall–Kier alpha value is -1.57. The van der Waals surface area contributed by atoms with Gasteiger partial charge in [-0.1, -0.05) is 24.8 Å². The smallest absolute Gasteiger partial charge is 0.0496 e. The molecule has 2 heteroatoms. The van der Waals surface area contributed by atoms with Crippen LogP contribution in [0.3, 0.4) is 0 Å². The van der Waals surface area contributed by atoms with Gasteiger partial charge < -0.3 is 0 Å². The summed E-state index contributed by atoms with van der Waals surface area (Å²) in [5, 5.41) is 4.18. The Morgan fingerprint density at radius 3 is 2.85 bits per heavy atom. The van der Waals surface area contributed by atoms with E-state index in [1.807, 2.05) is 42.8 Å². The summed E-state index contributed by atoms with van der Waals surface area (Å²) in [4.78, 5) is 0. The van der Waals surface area contributed by atoms with E-state index in [2.05, 4.69) is 11.7 Å². The highest BCUT2D eigenvalue weighted by molar-refractivity contribution is 5.45. The zero-order valence-electron chi connectivity index (χ0n) is 8.07. The van der Waals surface area contributed by atoms with Gasteiger partial charge in [-0.05, 0) is 26.0 Å². The first kappa shape index (κ1) is 9.52. The van der Waals surface area contributed by atoms with E-state index in [1.54, 1.807) is 12.3 Å².